The predicted octanol–water partition coefficient (Wildman–Crippen LogP) is 5.86. The molecule has 0 fully saturated rings. The van der Waals surface area contributed by atoms with Crippen molar-refractivity contribution in [1.82, 2.24) is 0 Å². The molecule has 27 heavy (non-hydrogen) atoms. The van der Waals surface area contributed by atoms with E-state index in [9.17, 15) is 9.90 Å². The molecule has 0 saturated heterocycles. The minimum Gasteiger partial charge on any atom is -0.478 e. The van der Waals surface area contributed by atoms with E-state index in [4.69, 9.17) is 32.7 Å². The molecule has 0 bridgehead atoms. The van der Waals surface area contributed by atoms with Crippen LogP contribution in [0.25, 0.3) is 0 Å². The lowest BCUT2D eigenvalue weighted by Gasteiger charge is -2.18. The first kappa shape index (κ1) is 19.1. The van der Waals surface area contributed by atoms with Crippen LogP contribution in [0.1, 0.15) is 5.56 Å². The summed E-state index contributed by atoms with van der Waals surface area (Å²) in [6.07, 6.45) is -1.05. The number of carboxylic acid groups (broad SMARTS) is 1. The number of para-hydroxylation sites is 1. The summed E-state index contributed by atoms with van der Waals surface area (Å²) in [5.41, 5.74) is 0.626. The van der Waals surface area contributed by atoms with E-state index in [2.05, 4.69) is 0 Å². The predicted molar refractivity (Wildman–Crippen MR) is 105 cm³/mol. The van der Waals surface area contributed by atoms with Crippen LogP contribution in [0, 0.1) is 0 Å². The molecule has 0 spiro atoms. The molecule has 4 nitrogen and oxygen atoms in total. The fourth-order valence-electron chi connectivity index (χ4n) is 2.51. The van der Waals surface area contributed by atoms with Crippen LogP contribution in [-0.2, 0) is 11.2 Å². The van der Waals surface area contributed by atoms with Crippen molar-refractivity contribution in [2.75, 3.05) is 0 Å². The molecule has 1 N–H and O–H groups in total. The topological polar surface area (TPSA) is 55.8 Å². The molecular formula is C21H16Cl2O4. The SMILES string of the molecule is O=C(O)[C@@H](Cc1cc(Cl)ccc1Oc1ccccc1)Oc1cccc(Cl)c1. The van der Waals surface area contributed by atoms with Gasteiger partial charge in [0.1, 0.15) is 17.2 Å². The molecule has 0 aromatic heterocycles. The van der Waals surface area contributed by atoms with Crippen LogP contribution in [0.5, 0.6) is 17.2 Å². The zero-order valence-electron chi connectivity index (χ0n) is 14.1. The molecule has 0 aliphatic carbocycles. The third-order valence-electron chi connectivity index (χ3n) is 3.75. The van der Waals surface area contributed by atoms with Crippen molar-refractivity contribution in [2.45, 2.75) is 12.5 Å². The number of carboxylic acids is 1. The molecule has 0 saturated carbocycles. The number of benzene rings is 3. The van der Waals surface area contributed by atoms with E-state index >= 15 is 0 Å². The molecule has 0 amide bonds. The summed E-state index contributed by atoms with van der Waals surface area (Å²) in [4.78, 5) is 11.7. The van der Waals surface area contributed by atoms with E-state index in [1.807, 2.05) is 30.3 Å². The number of rotatable bonds is 7. The van der Waals surface area contributed by atoms with Crippen molar-refractivity contribution in [3.05, 3.63) is 88.4 Å². The van der Waals surface area contributed by atoms with Gasteiger partial charge in [-0.05, 0) is 48.5 Å². The first-order valence-corrected chi connectivity index (χ1v) is 8.93. The highest BCUT2D eigenvalue weighted by atomic mass is 35.5. The number of ether oxygens (including phenoxy) is 2. The van der Waals surface area contributed by atoms with E-state index in [1.165, 1.54) is 0 Å². The van der Waals surface area contributed by atoms with Gasteiger partial charge >= 0.3 is 5.97 Å². The summed E-state index contributed by atoms with van der Waals surface area (Å²) in [5, 5.41) is 10.5. The van der Waals surface area contributed by atoms with Gasteiger partial charge in [0, 0.05) is 22.0 Å². The zero-order valence-corrected chi connectivity index (χ0v) is 15.7. The molecule has 0 heterocycles. The van der Waals surface area contributed by atoms with E-state index < -0.39 is 12.1 Å². The van der Waals surface area contributed by atoms with Crippen molar-refractivity contribution in [3.63, 3.8) is 0 Å². The highest BCUT2D eigenvalue weighted by Gasteiger charge is 2.22. The zero-order chi connectivity index (χ0) is 19.2. The van der Waals surface area contributed by atoms with Crippen molar-refractivity contribution < 1.29 is 19.4 Å². The quantitative estimate of drug-likeness (QED) is 0.537. The number of hydrogen-bond donors (Lipinski definition) is 1. The van der Waals surface area contributed by atoms with Gasteiger partial charge in [-0.1, -0.05) is 47.5 Å². The minimum atomic E-state index is -1.12. The van der Waals surface area contributed by atoms with E-state index in [-0.39, 0.29) is 6.42 Å². The van der Waals surface area contributed by atoms with Crippen LogP contribution in [0.4, 0.5) is 0 Å². The molecule has 138 valence electrons. The summed E-state index contributed by atoms with van der Waals surface area (Å²) in [7, 11) is 0. The van der Waals surface area contributed by atoms with Crippen molar-refractivity contribution >= 4 is 29.2 Å². The smallest absolute Gasteiger partial charge is 0.345 e. The molecule has 3 rings (SSSR count). The largest absolute Gasteiger partial charge is 0.478 e. The van der Waals surface area contributed by atoms with Gasteiger partial charge < -0.3 is 14.6 Å². The normalized spacial score (nSPS) is 11.6. The van der Waals surface area contributed by atoms with Gasteiger partial charge in [-0.15, -0.1) is 0 Å². The first-order chi connectivity index (χ1) is 13.0. The fourth-order valence-corrected chi connectivity index (χ4v) is 2.88. The summed E-state index contributed by atoms with van der Waals surface area (Å²) < 4.78 is 11.5. The maximum absolute atomic E-state index is 11.7. The molecule has 1 atom stereocenters. The second-order valence-electron chi connectivity index (χ2n) is 5.77. The third kappa shape index (κ3) is 5.39. The van der Waals surface area contributed by atoms with Gasteiger partial charge in [0.25, 0.3) is 0 Å². The number of aliphatic carboxylic acids is 1. The Hall–Kier alpha value is -2.69. The summed E-state index contributed by atoms with van der Waals surface area (Å²) in [5.74, 6) is 0.443. The fraction of sp³-hybridized carbons (Fsp3) is 0.0952. The summed E-state index contributed by atoms with van der Waals surface area (Å²) >= 11 is 12.0. The maximum Gasteiger partial charge on any atom is 0.345 e. The summed E-state index contributed by atoms with van der Waals surface area (Å²) in [6, 6.07) is 20.9. The van der Waals surface area contributed by atoms with Gasteiger partial charge in [0.05, 0.1) is 0 Å². The first-order valence-electron chi connectivity index (χ1n) is 8.17. The van der Waals surface area contributed by atoms with Gasteiger partial charge in [0.15, 0.2) is 6.10 Å². The van der Waals surface area contributed by atoms with Gasteiger partial charge in [-0.2, -0.15) is 0 Å². The van der Waals surface area contributed by atoms with Crippen molar-refractivity contribution in [1.29, 1.82) is 0 Å². The average molecular weight is 403 g/mol. The Morgan fingerprint density at radius 1 is 0.889 bits per heavy atom. The number of hydrogen-bond acceptors (Lipinski definition) is 3. The van der Waals surface area contributed by atoms with Crippen molar-refractivity contribution in [2.24, 2.45) is 0 Å². The molecule has 0 aliphatic heterocycles. The lowest BCUT2D eigenvalue weighted by atomic mass is 10.1. The lowest BCUT2D eigenvalue weighted by Crippen LogP contribution is -2.29. The maximum atomic E-state index is 11.7. The van der Waals surface area contributed by atoms with Gasteiger partial charge in [-0.3, -0.25) is 0 Å². The van der Waals surface area contributed by atoms with Crippen molar-refractivity contribution in [3.8, 4) is 17.2 Å². The van der Waals surface area contributed by atoms with Crippen LogP contribution in [0.15, 0.2) is 72.8 Å². The lowest BCUT2D eigenvalue weighted by molar-refractivity contribution is -0.145. The minimum absolute atomic E-state index is 0.0740. The second kappa shape index (κ2) is 8.80. The van der Waals surface area contributed by atoms with Crippen LogP contribution < -0.4 is 9.47 Å². The second-order valence-corrected chi connectivity index (χ2v) is 6.65. The Labute approximate surface area is 166 Å². The monoisotopic (exact) mass is 402 g/mol. The van der Waals surface area contributed by atoms with E-state index in [0.29, 0.717) is 32.9 Å². The molecule has 0 aliphatic rings. The van der Waals surface area contributed by atoms with E-state index in [1.54, 1.807) is 42.5 Å². The molecule has 3 aromatic rings. The van der Waals surface area contributed by atoms with Gasteiger partial charge in [-0.25, -0.2) is 4.79 Å². The van der Waals surface area contributed by atoms with Gasteiger partial charge in [0.2, 0.25) is 0 Å². The molecule has 3 aromatic carbocycles. The van der Waals surface area contributed by atoms with Crippen LogP contribution in [-0.4, -0.2) is 17.2 Å². The highest BCUT2D eigenvalue weighted by Crippen LogP contribution is 2.30. The summed E-state index contributed by atoms with van der Waals surface area (Å²) in [6.45, 7) is 0. The van der Waals surface area contributed by atoms with Crippen LogP contribution in [0.2, 0.25) is 10.0 Å². The van der Waals surface area contributed by atoms with Crippen LogP contribution >= 0.6 is 23.2 Å². The molecule has 0 unspecified atom stereocenters. The number of halogens is 2. The van der Waals surface area contributed by atoms with E-state index in [0.717, 1.165) is 0 Å². The Morgan fingerprint density at radius 2 is 1.59 bits per heavy atom. The van der Waals surface area contributed by atoms with Crippen LogP contribution in [0.3, 0.4) is 0 Å². The third-order valence-corrected chi connectivity index (χ3v) is 4.22. The Morgan fingerprint density at radius 3 is 2.30 bits per heavy atom. The molecule has 0 radical (unpaired) electrons. The molecular weight excluding hydrogens is 387 g/mol. The Bertz CT molecular complexity index is 928. The Kier molecular flexibility index (Phi) is 6.22. The number of carbonyl (C=O) groups is 1. The average Bonchev–Trinajstić information content (AvgIpc) is 2.64. The Balaban J connectivity index is 1.85. The highest BCUT2D eigenvalue weighted by molar-refractivity contribution is 6.31. The molecule has 6 heteroatoms. The standard InChI is InChI=1S/C21H16Cl2O4/c22-15-5-4-8-18(13-15)27-20(21(24)25)12-14-11-16(23)9-10-19(14)26-17-6-2-1-3-7-17/h1-11,13,20H,12H2,(H,24,25)/t20-/m1/s1.